The van der Waals surface area contributed by atoms with Crippen LogP contribution in [0.15, 0.2) is 42.9 Å². The zero-order valence-electron chi connectivity index (χ0n) is 8.80. The molecule has 1 atom stereocenters. The van der Waals surface area contributed by atoms with Gasteiger partial charge in [0.15, 0.2) is 0 Å². The first-order chi connectivity index (χ1) is 7.70. The van der Waals surface area contributed by atoms with Crippen LogP contribution in [0.1, 0.15) is 29.0 Å². The molecule has 3 nitrogen and oxygen atoms in total. The van der Waals surface area contributed by atoms with Gasteiger partial charge in [0.05, 0.1) is 18.6 Å². The average Bonchev–Trinajstić information content (AvgIpc) is 2.78. The molecule has 1 aromatic carbocycles. The summed E-state index contributed by atoms with van der Waals surface area (Å²) in [7, 11) is 0. The van der Waals surface area contributed by atoms with Gasteiger partial charge in [-0.2, -0.15) is 0 Å². The quantitative estimate of drug-likeness (QED) is 0.766. The maximum absolute atomic E-state index is 11.2. The molecule has 4 heteroatoms. The number of hydrogen-bond donors (Lipinski definition) is 0. The molecule has 0 N–H and O–H groups in total. The third-order valence-electron chi connectivity index (χ3n) is 2.57. The number of halogens is 1. The Kier molecular flexibility index (Phi) is 3.06. The van der Waals surface area contributed by atoms with Crippen LogP contribution >= 0.6 is 11.6 Å². The fourth-order valence-electron chi connectivity index (χ4n) is 1.66. The maximum atomic E-state index is 11.2. The van der Waals surface area contributed by atoms with Crippen molar-refractivity contribution in [1.82, 2.24) is 9.55 Å². The molecular formula is C12H11ClN2O. The Morgan fingerprint density at radius 3 is 2.69 bits per heavy atom. The Balaban J connectivity index is 2.38. The Morgan fingerprint density at radius 2 is 2.06 bits per heavy atom. The summed E-state index contributed by atoms with van der Waals surface area (Å²) in [6.07, 6.45) is 3.10. The summed E-state index contributed by atoms with van der Waals surface area (Å²) in [5, 5.41) is -0.486. The highest BCUT2D eigenvalue weighted by Crippen LogP contribution is 2.19. The average molecular weight is 235 g/mol. The molecule has 16 heavy (non-hydrogen) atoms. The van der Waals surface area contributed by atoms with Crippen LogP contribution in [0.25, 0.3) is 0 Å². The van der Waals surface area contributed by atoms with E-state index in [1.54, 1.807) is 10.9 Å². The van der Waals surface area contributed by atoms with E-state index < -0.39 is 5.24 Å². The van der Waals surface area contributed by atoms with E-state index >= 15 is 0 Å². The van der Waals surface area contributed by atoms with E-state index in [1.807, 2.05) is 37.3 Å². The monoisotopic (exact) mass is 234 g/mol. The lowest BCUT2D eigenvalue weighted by atomic mass is 10.1. The smallest absolute Gasteiger partial charge is 0.270 e. The van der Waals surface area contributed by atoms with Crippen molar-refractivity contribution in [1.29, 1.82) is 0 Å². The molecule has 0 aliphatic rings. The molecule has 82 valence electrons. The van der Waals surface area contributed by atoms with E-state index in [0.29, 0.717) is 5.69 Å². The van der Waals surface area contributed by atoms with Gasteiger partial charge in [0.1, 0.15) is 5.69 Å². The predicted octanol–water partition coefficient (Wildman–Crippen LogP) is 2.87. The minimum atomic E-state index is -0.486. The van der Waals surface area contributed by atoms with E-state index in [0.717, 1.165) is 5.56 Å². The van der Waals surface area contributed by atoms with Crippen molar-refractivity contribution < 1.29 is 4.79 Å². The molecule has 0 amide bonds. The van der Waals surface area contributed by atoms with Gasteiger partial charge >= 0.3 is 0 Å². The van der Waals surface area contributed by atoms with Gasteiger partial charge in [-0.25, -0.2) is 4.98 Å². The third kappa shape index (κ3) is 1.99. The van der Waals surface area contributed by atoms with Crippen LogP contribution < -0.4 is 0 Å². The number of carbonyl (C=O) groups is 1. The zero-order chi connectivity index (χ0) is 11.5. The molecule has 0 radical (unpaired) electrons. The van der Waals surface area contributed by atoms with Gasteiger partial charge in [0.25, 0.3) is 5.24 Å². The molecule has 0 aliphatic carbocycles. The molecule has 0 aliphatic heterocycles. The number of carbonyl (C=O) groups excluding carboxylic acids is 1. The summed E-state index contributed by atoms with van der Waals surface area (Å²) in [5.74, 6) is 0. The molecule has 0 saturated carbocycles. The van der Waals surface area contributed by atoms with Crippen LogP contribution in [0, 0.1) is 0 Å². The topological polar surface area (TPSA) is 34.9 Å². The van der Waals surface area contributed by atoms with Crippen molar-refractivity contribution in [2.75, 3.05) is 0 Å². The number of rotatable bonds is 3. The summed E-state index contributed by atoms with van der Waals surface area (Å²) >= 11 is 5.48. The van der Waals surface area contributed by atoms with Gasteiger partial charge in [0.2, 0.25) is 0 Å². The lowest BCUT2D eigenvalue weighted by Gasteiger charge is -2.15. The normalized spacial score (nSPS) is 12.4. The minimum absolute atomic E-state index is 0.0430. The number of hydrogen-bond acceptors (Lipinski definition) is 2. The van der Waals surface area contributed by atoms with Gasteiger partial charge in [-0.15, -0.1) is 0 Å². The van der Waals surface area contributed by atoms with Gasteiger partial charge in [-0.3, -0.25) is 4.79 Å². The highest BCUT2D eigenvalue weighted by Gasteiger charge is 2.14. The highest BCUT2D eigenvalue weighted by atomic mass is 35.5. The first-order valence-electron chi connectivity index (χ1n) is 4.96. The Bertz CT molecular complexity index is 493. The second kappa shape index (κ2) is 4.49. The van der Waals surface area contributed by atoms with E-state index in [1.165, 1.54) is 6.20 Å². The summed E-state index contributed by atoms with van der Waals surface area (Å²) in [6.45, 7) is 2.00. The minimum Gasteiger partial charge on any atom is -0.320 e. The largest absolute Gasteiger partial charge is 0.320 e. The number of nitrogens with zero attached hydrogens (tertiary/aromatic N) is 2. The van der Waals surface area contributed by atoms with Crippen LogP contribution in [-0.2, 0) is 0 Å². The van der Waals surface area contributed by atoms with Crippen molar-refractivity contribution >= 4 is 16.8 Å². The standard InChI is InChI=1S/C12H11ClN2O/c1-9(10-5-3-2-4-6-10)15-8-14-7-11(15)12(13)16/h2-9H,1H3/t9-/m1/s1. The van der Waals surface area contributed by atoms with Crippen LogP contribution in [0.5, 0.6) is 0 Å². The van der Waals surface area contributed by atoms with E-state index in [4.69, 9.17) is 11.6 Å². The molecule has 0 unspecified atom stereocenters. The summed E-state index contributed by atoms with van der Waals surface area (Å²) in [6, 6.07) is 9.94. The van der Waals surface area contributed by atoms with Crippen molar-refractivity contribution in [3.8, 4) is 0 Å². The summed E-state index contributed by atoms with van der Waals surface area (Å²) in [4.78, 5) is 15.1. The van der Waals surface area contributed by atoms with Crippen LogP contribution in [0.2, 0.25) is 0 Å². The van der Waals surface area contributed by atoms with Crippen LogP contribution in [-0.4, -0.2) is 14.8 Å². The molecule has 0 fully saturated rings. The third-order valence-corrected chi connectivity index (χ3v) is 2.76. The molecule has 1 aromatic heterocycles. The van der Waals surface area contributed by atoms with Crippen LogP contribution in [0.3, 0.4) is 0 Å². The fourth-order valence-corrected chi connectivity index (χ4v) is 1.80. The molecule has 0 saturated heterocycles. The van der Waals surface area contributed by atoms with Crippen molar-refractivity contribution in [3.05, 3.63) is 54.1 Å². The van der Waals surface area contributed by atoms with Gasteiger partial charge in [0, 0.05) is 0 Å². The molecular weight excluding hydrogens is 224 g/mol. The molecule has 1 heterocycles. The molecule has 0 bridgehead atoms. The van der Waals surface area contributed by atoms with Crippen molar-refractivity contribution in [2.24, 2.45) is 0 Å². The highest BCUT2D eigenvalue weighted by molar-refractivity contribution is 6.67. The Morgan fingerprint density at radius 1 is 1.38 bits per heavy atom. The van der Waals surface area contributed by atoms with Crippen molar-refractivity contribution in [3.63, 3.8) is 0 Å². The lowest BCUT2D eigenvalue weighted by molar-refractivity contribution is 0.107. The van der Waals surface area contributed by atoms with Gasteiger partial charge < -0.3 is 4.57 Å². The molecule has 0 spiro atoms. The SMILES string of the molecule is C[C@H](c1ccccc1)n1cncc1C(=O)Cl. The zero-order valence-corrected chi connectivity index (χ0v) is 9.56. The molecule has 2 rings (SSSR count). The van der Waals surface area contributed by atoms with Gasteiger partial charge in [-0.05, 0) is 24.1 Å². The van der Waals surface area contributed by atoms with E-state index in [9.17, 15) is 4.79 Å². The van der Waals surface area contributed by atoms with Crippen molar-refractivity contribution in [2.45, 2.75) is 13.0 Å². The van der Waals surface area contributed by atoms with E-state index in [2.05, 4.69) is 4.98 Å². The number of benzene rings is 1. The van der Waals surface area contributed by atoms with Gasteiger partial charge in [-0.1, -0.05) is 30.3 Å². The predicted molar refractivity (Wildman–Crippen MR) is 62.7 cm³/mol. The summed E-state index contributed by atoms with van der Waals surface area (Å²) in [5.41, 5.74) is 1.53. The lowest BCUT2D eigenvalue weighted by Crippen LogP contribution is -2.10. The summed E-state index contributed by atoms with van der Waals surface area (Å²) < 4.78 is 1.77. The first kappa shape index (κ1) is 10.9. The van der Waals surface area contributed by atoms with Crippen LogP contribution in [0.4, 0.5) is 0 Å². The van der Waals surface area contributed by atoms with E-state index in [-0.39, 0.29) is 6.04 Å². The Labute approximate surface area is 98.7 Å². The maximum Gasteiger partial charge on any atom is 0.270 e. The second-order valence-electron chi connectivity index (χ2n) is 3.55. The second-order valence-corrected chi connectivity index (χ2v) is 3.89. The number of imidazole rings is 1. The molecule has 2 aromatic rings. The fraction of sp³-hybridized carbons (Fsp3) is 0.167. The first-order valence-corrected chi connectivity index (χ1v) is 5.34. The Hall–Kier alpha value is -1.61. The number of aromatic nitrogens is 2.